The summed E-state index contributed by atoms with van der Waals surface area (Å²) in [7, 11) is 3.02. The van der Waals surface area contributed by atoms with Crippen LogP contribution in [0, 0.1) is 0 Å². The number of benzene rings is 3. The summed E-state index contributed by atoms with van der Waals surface area (Å²) in [4.78, 5) is 25.0. The molecule has 0 unspecified atom stereocenters. The van der Waals surface area contributed by atoms with E-state index in [9.17, 15) is 9.59 Å². The first kappa shape index (κ1) is 21.7. The molecule has 0 aromatic heterocycles. The number of amides is 2. The van der Waals surface area contributed by atoms with Gasteiger partial charge in [0.15, 0.2) is 11.5 Å². The average Bonchev–Trinajstić information content (AvgIpc) is 2.82. The monoisotopic (exact) mass is 419 g/mol. The van der Waals surface area contributed by atoms with Gasteiger partial charge in [-0.05, 0) is 35.9 Å². The van der Waals surface area contributed by atoms with Crippen LogP contribution in [0.1, 0.15) is 15.9 Å². The van der Waals surface area contributed by atoms with E-state index in [1.54, 1.807) is 23.2 Å². The Morgan fingerprint density at radius 1 is 0.839 bits per heavy atom. The fourth-order valence-corrected chi connectivity index (χ4v) is 3.00. The molecule has 3 aromatic rings. The van der Waals surface area contributed by atoms with Crippen molar-refractivity contribution in [3.05, 3.63) is 90.0 Å². The molecule has 2 amide bonds. The molecular weight excluding hydrogens is 394 g/mol. The number of hydrogen-bond donors (Lipinski definition) is 2. The van der Waals surface area contributed by atoms with E-state index in [2.05, 4.69) is 10.7 Å². The van der Waals surface area contributed by atoms with E-state index in [1.165, 1.54) is 14.2 Å². The largest absolute Gasteiger partial charge is 0.493 e. The molecule has 2 N–H and O–H groups in total. The maximum Gasteiger partial charge on any atom is 0.257 e. The number of nitrogens with zero attached hydrogens (tertiary/aromatic N) is 1. The Balaban J connectivity index is 1.63. The normalized spacial score (nSPS) is 10.1. The maximum atomic E-state index is 12.6. The summed E-state index contributed by atoms with van der Waals surface area (Å²) in [5, 5.41) is 4.38. The molecule has 0 fully saturated rings. The van der Waals surface area contributed by atoms with Crippen LogP contribution in [0.3, 0.4) is 0 Å². The zero-order chi connectivity index (χ0) is 22.1. The van der Waals surface area contributed by atoms with Gasteiger partial charge in [0.1, 0.15) is 0 Å². The molecule has 0 aliphatic carbocycles. The number of nitrogens with one attached hydrogen (secondary N) is 2. The van der Waals surface area contributed by atoms with E-state index in [4.69, 9.17) is 9.47 Å². The van der Waals surface area contributed by atoms with Crippen molar-refractivity contribution in [1.29, 1.82) is 0 Å². The molecule has 0 saturated heterocycles. The Hall–Kier alpha value is -4.00. The Morgan fingerprint density at radius 2 is 1.48 bits per heavy atom. The summed E-state index contributed by atoms with van der Waals surface area (Å²) in [6.07, 6.45) is 0. The van der Waals surface area contributed by atoms with E-state index in [0.29, 0.717) is 23.6 Å². The van der Waals surface area contributed by atoms with Crippen LogP contribution in [-0.2, 0) is 11.3 Å². The SMILES string of the molecule is COc1ccc(C(=O)NCC(=O)NN(Cc2ccccc2)c2ccccc2)cc1OC. The first-order chi connectivity index (χ1) is 15.1. The van der Waals surface area contributed by atoms with Crippen molar-refractivity contribution in [3.8, 4) is 11.5 Å². The zero-order valence-electron chi connectivity index (χ0n) is 17.5. The highest BCUT2D eigenvalue weighted by molar-refractivity contribution is 5.97. The summed E-state index contributed by atoms with van der Waals surface area (Å²) in [5.41, 5.74) is 5.12. The molecule has 0 radical (unpaired) electrons. The number of carbonyl (C=O) groups is 2. The fourth-order valence-electron chi connectivity index (χ4n) is 3.00. The second-order valence-corrected chi connectivity index (χ2v) is 6.69. The van der Waals surface area contributed by atoms with Crippen molar-refractivity contribution in [2.24, 2.45) is 0 Å². The minimum absolute atomic E-state index is 0.175. The molecule has 0 aliphatic rings. The highest BCUT2D eigenvalue weighted by Crippen LogP contribution is 2.27. The van der Waals surface area contributed by atoms with Gasteiger partial charge in [0.25, 0.3) is 11.8 Å². The minimum Gasteiger partial charge on any atom is -0.493 e. The molecule has 0 saturated carbocycles. The zero-order valence-corrected chi connectivity index (χ0v) is 17.5. The molecule has 7 heteroatoms. The molecule has 160 valence electrons. The lowest BCUT2D eigenvalue weighted by molar-refractivity contribution is -0.120. The minimum atomic E-state index is -0.384. The standard InChI is InChI=1S/C24H25N3O4/c1-30-21-14-13-19(15-22(21)31-2)24(29)25-16-23(28)26-27(20-11-7-4-8-12-20)17-18-9-5-3-6-10-18/h3-15H,16-17H2,1-2H3,(H,25,29)(H,26,28). The lowest BCUT2D eigenvalue weighted by Crippen LogP contribution is -2.46. The molecule has 31 heavy (non-hydrogen) atoms. The van der Waals surface area contributed by atoms with Crippen LogP contribution >= 0.6 is 0 Å². The van der Waals surface area contributed by atoms with Crippen molar-refractivity contribution in [3.63, 3.8) is 0 Å². The predicted octanol–water partition coefficient (Wildman–Crippen LogP) is 3.17. The molecule has 0 spiro atoms. The highest BCUT2D eigenvalue weighted by Gasteiger charge is 2.14. The number of hydrazine groups is 1. The summed E-state index contributed by atoms with van der Waals surface area (Å²) in [5.74, 6) is 0.243. The van der Waals surface area contributed by atoms with Gasteiger partial charge < -0.3 is 14.8 Å². The number of hydrogen-bond acceptors (Lipinski definition) is 5. The topological polar surface area (TPSA) is 79.9 Å². The van der Waals surface area contributed by atoms with Crippen LogP contribution in [0.25, 0.3) is 0 Å². The molecule has 3 rings (SSSR count). The molecule has 0 heterocycles. The lowest BCUT2D eigenvalue weighted by Gasteiger charge is -2.25. The van der Waals surface area contributed by atoms with Gasteiger partial charge in [-0.2, -0.15) is 0 Å². The third-order valence-electron chi connectivity index (χ3n) is 4.57. The van der Waals surface area contributed by atoms with Gasteiger partial charge in [-0.15, -0.1) is 0 Å². The van der Waals surface area contributed by atoms with Crippen LogP contribution in [0.5, 0.6) is 11.5 Å². The summed E-state index contributed by atoms with van der Waals surface area (Å²) in [6.45, 7) is 0.311. The van der Waals surface area contributed by atoms with Gasteiger partial charge in [-0.1, -0.05) is 48.5 Å². The third-order valence-corrected chi connectivity index (χ3v) is 4.57. The highest BCUT2D eigenvalue weighted by atomic mass is 16.5. The number of para-hydroxylation sites is 1. The van der Waals surface area contributed by atoms with Gasteiger partial charge in [0.2, 0.25) is 0 Å². The fraction of sp³-hybridized carbons (Fsp3) is 0.167. The van der Waals surface area contributed by atoms with Crippen LogP contribution in [0.2, 0.25) is 0 Å². The Bertz CT molecular complexity index is 1010. The number of ether oxygens (including phenoxy) is 2. The van der Waals surface area contributed by atoms with E-state index >= 15 is 0 Å². The number of carbonyl (C=O) groups excluding carboxylic acids is 2. The van der Waals surface area contributed by atoms with Crippen LogP contribution in [-0.4, -0.2) is 32.6 Å². The molecule has 0 aliphatic heterocycles. The van der Waals surface area contributed by atoms with Gasteiger partial charge in [-0.25, -0.2) is 0 Å². The van der Waals surface area contributed by atoms with Crippen molar-refractivity contribution in [2.45, 2.75) is 6.54 Å². The molecular formula is C24H25N3O4. The second kappa shape index (κ2) is 10.7. The van der Waals surface area contributed by atoms with E-state index in [0.717, 1.165) is 11.3 Å². The van der Waals surface area contributed by atoms with Crippen molar-refractivity contribution in [1.82, 2.24) is 10.7 Å². The molecule has 3 aromatic carbocycles. The van der Waals surface area contributed by atoms with Gasteiger partial charge in [0, 0.05) is 5.56 Å². The predicted molar refractivity (Wildman–Crippen MR) is 119 cm³/mol. The van der Waals surface area contributed by atoms with Gasteiger partial charge in [-0.3, -0.25) is 20.0 Å². The number of rotatable bonds is 9. The smallest absolute Gasteiger partial charge is 0.257 e. The van der Waals surface area contributed by atoms with Gasteiger partial charge >= 0.3 is 0 Å². The first-order valence-corrected chi connectivity index (χ1v) is 9.77. The van der Waals surface area contributed by atoms with E-state index in [-0.39, 0.29) is 18.4 Å². The van der Waals surface area contributed by atoms with Crippen molar-refractivity contribution < 1.29 is 19.1 Å². The average molecular weight is 419 g/mol. The van der Waals surface area contributed by atoms with Crippen molar-refractivity contribution >= 4 is 17.5 Å². The van der Waals surface area contributed by atoms with Gasteiger partial charge in [0.05, 0.1) is 33.0 Å². The Labute approximate surface area is 181 Å². The molecule has 7 nitrogen and oxygen atoms in total. The van der Waals surface area contributed by atoms with Crippen molar-refractivity contribution in [2.75, 3.05) is 25.8 Å². The van der Waals surface area contributed by atoms with E-state index < -0.39 is 0 Å². The quantitative estimate of drug-likeness (QED) is 0.521. The van der Waals surface area contributed by atoms with Crippen LogP contribution in [0.4, 0.5) is 5.69 Å². The summed E-state index contributed by atoms with van der Waals surface area (Å²) < 4.78 is 10.4. The molecule has 0 bridgehead atoms. The van der Waals surface area contributed by atoms with Crippen LogP contribution in [0.15, 0.2) is 78.9 Å². The maximum absolute atomic E-state index is 12.6. The summed E-state index contributed by atoms with van der Waals surface area (Å²) >= 11 is 0. The van der Waals surface area contributed by atoms with Crippen LogP contribution < -0.4 is 25.2 Å². The lowest BCUT2D eigenvalue weighted by atomic mass is 10.2. The number of anilines is 1. The second-order valence-electron chi connectivity index (χ2n) is 6.69. The number of methoxy groups -OCH3 is 2. The third kappa shape index (κ3) is 5.99. The Morgan fingerprint density at radius 3 is 2.13 bits per heavy atom. The summed E-state index contributed by atoms with van der Waals surface area (Å²) in [6, 6.07) is 24.2. The first-order valence-electron chi connectivity index (χ1n) is 9.77. The molecule has 0 atom stereocenters. The van der Waals surface area contributed by atoms with E-state index in [1.807, 2.05) is 60.7 Å². The Kier molecular flexibility index (Phi) is 7.48.